The summed E-state index contributed by atoms with van der Waals surface area (Å²) in [6.07, 6.45) is 7.05. The van der Waals surface area contributed by atoms with Crippen molar-refractivity contribution in [1.82, 2.24) is 5.32 Å². The highest BCUT2D eigenvalue weighted by molar-refractivity contribution is 4.93. The number of rotatable bonds is 3. The maximum Gasteiger partial charge on any atom is 0.0582 e. The summed E-state index contributed by atoms with van der Waals surface area (Å²) in [5.74, 6) is 1.93. The van der Waals surface area contributed by atoms with Crippen LogP contribution in [0.5, 0.6) is 0 Å². The maximum atomic E-state index is 8.97. The van der Waals surface area contributed by atoms with Crippen LogP contribution < -0.4 is 5.32 Å². The highest BCUT2D eigenvalue weighted by Crippen LogP contribution is 2.43. The van der Waals surface area contributed by atoms with Gasteiger partial charge in [0.2, 0.25) is 0 Å². The molecular weight excluding hydrogens is 162 g/mol. The molecule has 2 aliphatic rings. The predicted molar refractivity (Wildman–Crippen MR) is 53.5 cm³/mol. The van der Waals surface area contributed by atoms with Crippen LogP contribution in [0.4, 0.5) is 0 Å². The minimum atomic E-state index is 0.272. The van der Waals surface area contributed by atoms with E-state index < -0.39 is 0 Å². The van der Waals surface area contributed by atoms with E-state index in [-0.39, 0.29) is 12.6 Å². The van der Waals surface area contributed by atoms with Crippen LogP contribution in [0.1, 0.15) is 39.0 Å². The predicted octanol–water partition coefficient (Wildman–Crippen LogP) is 1.54. The molecule has 2 N–H and O–H groups in total. The van der Waals surface area contributed by atoms with E-state index in [1.807, 2.05) is 0 Å². The molecule has 2 aliphatic carbocycles. The molecule has 0 aliphatic heterocycles. The molecule has 0 aromatic rings. The van der Waals surface area contributed by atoms with E-state index in [4.69, 9.17) is 5.11 Å². The Hall–Kier alpha value is -0.0800. The Kier molecular flexibility index (Phi) is 2.89. The fourth-order valence-electron chi connectivity index (χ4n) is 3.19. The minimum absolute atomic E-state index is 0.272. The third-order valence-electron chi connectivity index (χ3n) is 3.86. The molecule has 0 radical (unpaired) electrons. The number of nitrogens with one attached hydrogen (secondary N) is 1. The fourth-order valence-corrected chi connectivity index (χ4v) is 3.19. The van der Waals surface area contributed by atoms with Gasteiger partial charge in [-0.2, -0.15) is 0 Å². The molecule has 13 heavy (non-hydrogen) atoms. The third-order valence-corrected chi connectivity index (χ3v) is 3.86. The van der Waals surface area contributed by atoms with Crippen molar-refractivity contribution in [1.29, 1.82) is 0 Å². The van der Waals surface area contributed by atoms with Gasteiger partial charge in [-0.25, -0.2) is 0 Å². The second-order valence-electron chi connectivity index (χ2n) is 4.79. The van der Waals surface area contributed by atoms with Gasteiger partial charge in [0.05, 0.1) is 6.61 Å². The van der Waals surface area contributed by atoms with Crippen molar-refractivity contribution in [2.24, 2.45) is 11.8 Å². The van der Waals surface area contributed by atoms with Gasteiger partial charge in [0, 0.05) is 12.1 Å². The Bertz CT molecular complexity index is 171. The molecule has 2 heteroatoms. The Morgan fingerprint density at radius 2 is 2.15 bits per heavy atom. The lowest BCUT2D eigenvalue weighted by Crippen LogP contribution is -2.40. The quantitative estimate of drug-likeness (QED) is 0.695. The minimum Gasteiger partial charge on any atom is -0.395 e. The maximum absolute atomic E-state index is 8.97. The van der Waals surface area contributed by atoms with Crippen molar-refractivity contribution < 1.29 is 5.11 Å². The first-order chi connectivity index (χ1) is 6.31. The summed E-state index contributed by atoms with van der Waals surface area (Å²) in [6.45, 7) is 2.34. The van der Waals surface area contributed by atoms with Crippen molar-refractivity contribution in [2.45, 2.75) is 51.1 Å². The zero-order valence-corrected chi connectivity index (χ0v) is 8.50. The van der Waals surface area contributed by atoms with Gasteiger partial charge in [-0.1, -0.05) is 12.8 Å². The molecule has 4 atom stereocenters. The SMILES string of the molecule is CC(CO)NC1CCC2CCCC21. The van der Waals surface area contributed by atoms with Crippen LogP contribution in [0, 0.1) is 11.8 Å². The molecule has 4 unspecified atom stereocenters. The average Bonchev–Trinajstić information content (AvgIpc) is 2.69. The van der Waals surface area contributed by atoms with Crippen LogP contribution in [-0.2, 0) is 0 Å². The zero-order chi connectivity index (χ0) is 9.26. The molecule has 0 bridgehead atoms. The van der Waals surface area contributed by atoms with Crippen LogP contribution in [0.3, 0.4) is 0 Å². The average molecular weight is 183 g/mol. The highest BCUT2D eigenvalue weighted by atomic mass is 16.3. The van der Waals surface area contributed by atoms with Crippen molar-refractivity contribution >= 4 is 0 Å². The first kappa shape index (κ1) is 9.47. The van der Waals surface area contributed by atoms with E-state index in [0.717, 1.165) is 11.8 Å². The molecule has 0 aromatic carbocycles. The molecular formula is C11H21NO. The van der Waals surface area contributed by atoms with Crippen LogP contribution in [-0.4, -0.2) is 23.8 Å². The number of hydrogen-bond acceptors (Lipinski definition) is 2. The van der Waals surface area contributed by atoms with Crippen molar-refractivity contribution in [3.8, 4) is 0 Å². The molecule has 0 amide bonds. The third kappa shape index (κ3) is 1.89. The van der Waals surface area contributed by atoms with Crippen LogP contribution in [0.25, 0.3) is 0 Å². The second-order valence-corrected chi connectivity index (χ2v) is 4.79. The highest BCUT2D eigenvalue weighted by Gasteiger charge is 2.38. The van der Waals surface area contributed by atoms with Gasteiger partial charge in [-0.3, -0.25) is 0 Å². The van der Waals surface area contributed by atoms with Gasteiger partial charge in [-0.05, 0) is 38.0 Å². The standard InChI is InChI=1S/C11H21NO/c1-8(7-13)12-11-6-5-9-3-2-4-10(9)11/h8-13H,2-7H2,1H3. The largest absolute Gasteiger partial charge is 0.395 e. The summed E-state index contributed by atoms with van der Waals surface area (Å²) in [4.78, 5) is 0. The topological polar surface area (TPSA) is 32.3 Å². The lowest BCUT2D eigenvalue weighted by molar-refractivity contribution is 0.227. The van der Waals surface area contributed by atoms with E-state index in [9.17, 15) is 0 Å². The monoisotopic (exact) mass is 183 g/mol. The van der Waals surface area contributed by atoms with Gasteiger partial charge >= 0.3 is 0 Å². The lowest BCUT2D eigenvalue weighted by Gasteiger charge is -2.23. The molecule has 2 saturated carbocycles. The molecule has 0 saturated heterocycles. The van der Waals surface area contributed by atoms with Gasteiger partial charge in [0.25, 0.3) is 0 Å². The summed E-state index contributed by atoms with van der Waals surface area (Å²) in [5.41, 5.74) is 0. The summed E-state index contributed by atoms with van der Waals surface area (Å²) in [7, 11) is 0. The lowest BCUT2D eigenvalue weighted by atomic mass is 9.97. The first-order valence-corrected chi connectivity index (χ1v) is 5.68. The van der Waals surface area contributed by atoms with Gasteiger partial charge in [-0.15, -0.1) is 0 Å². The summed E-state index contributed by atoms with van der Waals surface area (Å²) >= 11 is 0. The van der Waals surface area contributed by atoms with Gasteiger partial charge in [0.1, 0.15) is 0 Å². The van der Waals surface area contributed by atoms with Gasteiger partial charge < -0.3 is 10.4 Å². The summed E-state index contributed by atoms with van der Waals surface area (Å²) < 4.78 is 0. The van der Waals surface area contributed by atoms with Crippen molar-refractivity contribution in [3.63, 3.8) is 0 Å². The molecule has 0 heterocycles. The molecule has 0 spiro atoms. The number of aliphatic hydroxyl groups excluding tert-OH is 1. The Balaban J connectivity index is 1.86. The van der Waals surface area contributed by atoms with Crippen molar-refractivity contribution in [3.05, 3.63) is 0 Å². The number of fused-ring (bicyclic) bond motifs is 1. The molecule has 0 aromatic heterocycles. The molecule has 76 valence electrons. The first-order valence-electron chi connectivity index (χ1n) is 5.68. The van der Waals surface area contributed by atoms with Crippen LogP contribution in [0.2, 0.25) is 0 Å². The Labute approximate surface area is 80.7 Å². The van der Waals surface area contributed by atoms with Crippen molar-refractivity contribution in [2.75, 3.05) is 6.61 Å². The van der Waals surface area contributed by atoms with E-state index in [1.54, 1.807) is 0 Å². The molecule has 2 nitrogen and oxygen atoms in total. The van der Waals surface area contributed by atoms with Crippen LogP contribution in [0.15, 0.2) is 0 Å². The fraction of sp³-hybridized carbons (Fsp3) is 1.00. The Morgan fingerprint density at radius 1 is 1.31 bits per heavy atom. The normalized spacial score (nSPS) is 40.6. The van der Waals surface area contributed by atoms with E-state index in [2.05, 4.69) is 12.2 Å². The zero-order valence-electron chi connectivity index (χ0n) is 8.50. The number of aliphatic hydroxyl groups is 1. The number of hydrogen-bond donors (Lipinski definition) is 2. The molecule has 2 fully saturated rings. The van der Waals surface area contributed by atoms with Gasteiger partial charge in [0.15, 0.2) is 0 Å². The van der Waals surface area contributed by atoms with E-state index in [1.165, 1.54) is 32.1 Å². The van der Waals surface area contributed by atoms with E-state index >= 15 is 0 Å². The summed E-state index contributed by atoms with van der Waals surface area (Å²) in [5, 5.41) is 12.5. The van der Waals surface area contributed by atoms with Crippen LogP contribution >= 0.6 is 0 Å². The summed E-state index contributed by atoms with van der Waals surface area (Å²) in [6, 6.07) is 0.985. The molecule has 2 rings (SSSR count). The Morgan fingerprint density at radius 3 is 2.92 bits per heavy atom. The smallest absolute Gasteiger partial charge is 0.0582 e. The second kappa shape index (κ2) is 3.97. The van der Waals surface area contributed by atoms with E-state index in [0.29, 0.717) is 6.04 Å².